The van der Waals surface area contributed by atoms with Gasteiger partial charge >= 0.3 is 5.97 Å². The number of carbonyl (C=O) groups excluding carboxylic acids is 5. The van der Waals surface area contributed by atoms with Crippen molar-refractivity contribution in [2.75, 3.05) is 33.3 Å². The number of likely N-dealkylation sites (tertiary alicyclic amines) is 1. The number of likely N-dealkylation sites (N-methyl/N-ethyl adjacent to an activating group) is 1. The Labute approximate surface area is 368 Å². The summed E-state index contributed by atoms with van der Waals surface area (Å²) in [6, 6.07) is 8.43. The number of nitrogens with zero attached hydrogens (tertiary/aromatic N) is 6. The van der Waals surface area contributed by atoms with Crippen LogP contribution in [-0.4, -0.2) is 115 Å². The van der Waals surface area contributed by atoms with Crippen molar-refractivity contribution in [3.8, 4) is 40.0 Å². The van der Waals surface area contributed by atoms with Gasteiger partial charge in [0.15, 0.2) is 0 Å². The summed E-state index contributed by atoms with van der Waals surface area (Å²) in [4.78, 5) is 80.9. The average molecular weight is 859 g/mol. The summed E-state index contributed by atoms with van der Waals surface area (Å²) in [5.41, 5.74) is 8.61. The first-order chi connectivity index (χ1) is 30.1. The molecule has 332 valence electrons. The van der Waals surface area contributed by atoms with E-state index in [-0.39, 0.29) is 49.6 Å². The quantitative estimate of drug-likeness (QED) is 0.177. The molecule has 0 spiro atoms. The molecule has 63 heavy (non-hydrogen) atoms. The standard InChI is InChI=1S/C48H58N8O7/c1-8-11-41(58)54-17-15-32(26-54)45(60)53(7)42(29(3)4)44(59)51-39-20-30-18-33(21-35(57)19-30)31-13-14-40-36(22-31)37(43(55(40)9-2)34-24-49-28-50-25-34)23-48(5,6)27-63-47(62)38-12-10-16-56(52-38)46(39)61/h13-14,18-19,21-22,24-25,28-29,32,38-39,42,52,57H,9-10,12,15-17,20,23,26-27H2,1-7H3,(H,51,59)/t32-,38-,39-,42?/m0/s1. The normalized spacial score (nSPS) is 20.7. The van der Waals surface area contributed by atoms with E-state index in [1.54, 1.807) is 43.4 Å². The molecule has 3 N–H and O–H groups in total. The first-order valence-electron chi connectivity index (χ1n) is 21.9. The number of hydrogen-bond acceptors (Lipinski definition) is 10. The summed E-state index contributed by atoms with van der Waals surface area (Å²) in [7, 11) is 1.58. The minimum atomic E-state index is -1.16. The van der Waals surface area contributed by atoms with E-state index < -0.39 is 47.2 Å². The Morgan fingerprint density at radius 2 is 1.81 bits per heavy atom. The minimum Gasteiger partial charge on any atom is -0.508 e. The molecule has 7 rings (SSSR count). The van der Waals surface area contributed by atoms with E-state index in [1.165, 1.54) is 16.2 Å². The van der Waals surface area contributed by atoms with Crippen LogP contribution in [0.5, 0.6) is 5.75 Å². The fraction of sp³-hybridized carbons (Fsp3) is 0.479. The number of phenols is 1. The topological polar surface area (TPSA) is 179 Å². The molecule has 4 atom stereocenters. The van der Waals surface area contributed by atoms with Gasteiger partial charge in [0, 0.05) is 73.9 Å². The van der Waals surface area contributed by atoms with Crippen molar-refractivity contribution in [1.29, 1.82) is 0 Å². The number of hydrogen-bond donors (Lipinski definition) is 3. The third kappa shape index (κ3) is 9.56. The number of aryl methyl sites for hydroxylation is 1. The number of aromatic nitrogens is 3. The van der Waals surface area contributed by atoms with Gasteiger partial charge in [-0.15, -0.1) is 0 Å². The molecule has 2 fully saturated rings. The van der Waals surface area contributed by atoms with Gasteiger partial charge in [-0.05, 0) is 97.9 Å². The third-order valence-electron chi connectivity index (χ3n) is 12.4. The molecule has 5 heterocycles. The van der Waals surface area contributed by atoms with Gasteiger partial charge in [-0.3, -0.25) is 29.0 Å². The molecule has 0 saturated carbocycles. The third-order valence-corrected chi connectivity index (χ3v) is 12.4. The molecule has 3 aliphatic rings. The summed E-state index contributed by atoms with van der Waals surface area (Å²) in [5, 5.41) is 16.6. The second kappa shape index (κ2) is 18.6. The first-order valence-corrected chi connectivity index (χ1v) is 21.9. The molecule has 0 radical (unpaired) electrons. The first kappa shape index (κ1) is 44.8. The Morgan fingerprint density at radius 3 is 2.52 bits per heavy atom. The van der Waals surface area contributed by atoms with Gasteiger partial charge in [-0.1, -0.05) is 45.7 Å². The molecule has 3 aliphatic heterocycles. The molecule has 6 bridgehead atoms. The van der Waals surface area contributed by atoms with Crippen molar-refractivity contribution in [1.82, 2.24) is 40.1 Å². The molecule has 15 heteroatoms. The van der Waals surface area contributed by atoms with E-state index in [4.69, 9.17) is 4.74 Å². The maximum absolute atomic E-state index is 14.6. The number of ether oxygens (including phenoxy) is 1. The Bertz CT molecular complexity index is 2470. The highest BCUT2D eigenvalue weighted by Crippen LogP contribution is 2.40. The van der Waals surface area contributed by atoms with Crippen LogP contribution in [0.15, 0.2) is 55.1 Å². The fourth-order valence-corrected chi connectivity index (χ4v) is 9.40. The van der Waals surface area contributed by atoms with Gasteiger partial charge in [0.25, 0.3) is 11.8 Å². The molecular weight excluding hydrogens is 801 g/mol. The fourth-order valence-electron chi connectivity index (χ4n) is 9.40. The Morgan fingerprint density at radius 1 is 1.05 bits per heavy atom. The number of amides is 4. The minimum absolute atomic E-state index is 0.00798. The lowest BCUT2D eigenvalue weighted by atomic mass is 9.84. The number of cyclic esters (lactones) is 1. The Balaban J connectivity index is 1.27. The lowest BCUT2D eigenvalue weighted by Gasteiger charge is -2.37. The van der Waals surface area contributed by atoms with Gasteiger partial charge in [-0.25, -0.2) is 15.4 Å². The molecule has 15 nitrogen and oxygen atoms in total. The van der Waals surface area contributed by atoms with Crippen LogP contribution in [0.1, 0.15) is 71.9 Å². The van der Waals surface area contributed by atoms with Crippen molar-refractivity contribution < 1.29 is 33.8 Å². The highest BCUT2D eigenvalue weighted by molar-refractivity contribution is 5.96. The number of phenolic OH excluding ortho intramolecular Hbond substituents is 1. The summed E-state index contributed by atoms with van der Waals surface area (Å²) in [6.45, 7) is 13.1. The van der Waals surface area contributed by atoms with Crippen LogP contribution in [0.3, 0.4) is 0 Å². The van der Waals surface area contributed by atoms with Gasteiger partial charge < -0.3 is 29.5 Å². The predicted octanol–water partition coefficient (Wildman–Crippen LogP) is 4.49. The van der Waals surface area contributed by atoms with Crippen molar-refractivity contribution in [2.24, 2.45) is 17.3 Å². The number of fused-ring (bicyclic) bond motifs is 6. The van der Waals surface area contributed by atoms with E-state index >= 15 is 0 Å². The SMILES string of the molecule is CC#CC(=O)N1CC[C@H](C(=O)N(C)C(C(=O)N[C@H]2Cc3cc(O)cc(c3)-c3ccc4c(c3)c(c(-c3cncnc3)n4CC)CC(C)(C)COC(=O)[C@@H]3CCCN(N3)C2=O)C(C)C)C1. The zero-order valence-electron chi connectivity index (χ0n) is 37.2. The Kier molecular flexibility index (Phi) is 13.2. The molecule has 2 aromatic carbocycles. The van der Waals surface area contributed by atoms with Crippen molar-refractivity contribution in [3.63, 3.8) is 0 Å². The lowest BCUT2D eigenvalue weighted by Crippen LogP contribution is -2.62. The summed E-state index contributed by atoms with van der Waals surface area (Å²) < 4.78 is 8.28. The number of hydrazine groups is 1. The predicted molar refractivity (Wildman–Crippen MR) is 237 cm³/mol. The van der Waals surface area contributed by atoms with Crippen molar-refractivity contribution >= 4 is 40.5 Å². The second-order valence-corrected chi connectivity index (χ2v) is 18.1. The van der Waals surface area contributed by atoms with Crippen molar-refractivity contribution in [2.45, 2.75) is 98.3 Å². The smallest absolute Gasteiger partial charge is 0.324 e. The molecule has 2 aromatic heterocycles. The monoisotopic (exact) mass is 858 g/mol. The van der Waals surface area contributed by atoms with E-state index in [2.05, 4.69) is 70.0 Å². The average Bonchev–Trinajstić information content (AvgIpc) is 3.88. The van der Waals surface area contributed by atoms with Crippen LogP contribution in [0.2, 0.25) is 0 Å². The molecule has 4 amide bonds. The van der Waals surface area contributed by atoms with E-state index in [0.717, 1.165) is 33.3 Å². The van der Waals surface area contributed by atoms with Gasteiger partial charge in [-0.2, -0.15) is 0 Å². The van der Waals surface area contributed by atoms with E-state index in [0.29, 0.717) is 49.9 Å². The summed E-state index contributed by atoms with van der Waals surface area (Å²) >= 11 is 0. The zero-order chi connectivity index (χ0) is 45.2. The Hall–Kier alpha value is -6.27. The van der Waals surface area contributed by atoms with Crippen LogP contribution in [0.25, 0.3) is 33.3 Å². The second-order valence-electron chi connectivity index (χ2n) is 18.1. The van der Waals surface area contributed by atoms with Crippen molar-refractivity contribution in [3.05, 3.63) is 66.2 Å². The zero-order valence-corrected chi connectivity index (χ0v) is 37.2. The van der Waals surface area contributed by atoms with Crippen LogP contribution in [-0.2, 0) is 48.1 Å². The largest absolute Gasteiger partial charge is 0.508 e. The van der Waals surface area contributed by atoms with Gasteiger partial charge in [0.1, 0.15) is 30.2 Å². The van der Waals surface area contributed by atoms with Gasteiger partial charge in [0.05, 0.1) is 18.2 Å². The maximum Gasteiger partial charge on any atom is 0.324 e. The highest BCUT2D eigenvalue weighted by atomic mass is 16.5. The molecule has 1 unspecified atom stereocenters. The van der Waals surface area contributed by atoms with E-state index in [9.17, 15) is 29.1 Å². The van der Waals surface area contributed by atoms with Crippen LogP contribution < -0.4 is 10.7 Å². The molecule has 4 aromatic rings. The highest BCUT2D eigenvalue weighted by Gasteiger charge is 2.40. The van der Waals surface area contributed by atoms with Crippen LogP contribution in [0.4, 0.5) is 0 Å². The number of benzene rings is 2. The summed E-state index contributed by atoms with van der Waals surface area (Å²) in [6.07, 6.45) is 7.05. The number of nitrogens with one attached hydrogen (secondary N) is 2. The number of carbonyl (C=O) groups is 5. The summed E-state index contributed by atoms with van der Waals surface area (Å²) in [5.74, 6) is 2.17. The number of rotatable bonds is 7. The van der Waals surface area contributed by atoms with Gasteiger partial charge in [0.2, 0.25) is 11.8 Å². The molecule has 0 aliphatic carbocycles. The molecular formula is C48H58N8O7. The molecule has 2 saturated heterocycles. The number of aromatic hydroxyl groups is 1. The van der Waals surface area contributed by atoms with Crippen LogP contribution in [0, 0.1) is 29.1 Å². The van der Waals surface area contributed by atoms with E-state index in [1.807, 2.05) is 26.0 Å². The maximum atomic E-state index is 14.6. The lowest BCUT2D eigenvalue weighted by molar-refractivity contribution is -0.155. The van der Waals surface area contributed by atoms with Crippen LogP contribution >= 0.6 is 0 Å². The number of esters is 1.